The number of hydrogen-bond donors (Lipinski definition) is 12. The number of aromatic amines is 1. The van der Waals surface area contributed by atoms with E-state index in [0.29, 0.717) is 125 Å². The van der Waals surface area contributed by atoms with Gasteiger partial charge in [0.05, 0.1) is 132 Å². The molecule has 0 amide bonds. The maximum Gasteiger partial charge on any atom is 1.00 e. The summed E-state index contributed by atoms with van der Waals surface area (Å²) in [4.78, 5) is 49.0. The van der Waals surface area contributed by atoms with Crippen LogP contribution in [-0.2, 0) is 78.2 Å². The van der Waals surface area contributed by atoms with Gasteiger partial charge in [-0.15, -0.1) is 47.3 Å². The zero-order chi connectivity index (χ0) is 91.4. The van der Waals surface area contributed by atoms with E-state index in [0.717, 1.165) is 59.9 Å². The number of allylic oxidation sites excluding steroid dienone is 2. The number of hydrogen-bond acceptors (Lipinski definition) is 33. The monoisotopic (exact) mass is 1930 g/mol. The van der Waals surface area contributed by atoms with Crippen molar-refractivity contribution in [3.63, 3.8) is 0 Å². The second-order valence-electron chi connectivity index (χ2n) is 27.3. The number of carbonyl (C=O) groups excluding carboxylic acids is 1. The Morgan fingerprint density at radius 3 is 1.62 bits per heavy atom. The number of nitrogens with two attached hydrogens (primary N) is 1. The second kappa shape index (κ2) is 78.4. The number of nitrogens with zero attached hydrogens (tertiary/aromatic N) is 11. The van der Waals surface area contributed by atoms with E-state index in [4.69, 9.17) is 90.9 Å². The molecule has 0 saturated carbocycles. The predicted octanol–water partition coefficient (Wildman–Crippen LogP) is 4.45. The van der Waals surface area contributed by atoms with E-state index in [2.05, 4.69) is 150 Å². The van der Waals surface area contributed by atoms with Gasteiger partial charge in [0.1, 0.15) is 86.0 Å². The molecule has 0 spiro atoms. The van der Waals surface area contributed by atoms with Crippen LogP contribution in [0, 0.1) is 11.8 Å². The van der Waals surface area contributed by atoms with Gasteiger partial charge in [-0.3, -0.25) is 9.59 Å². The summed E-state index contributed by atoms with van der Waals surface area (Å²) in [5.74, 6) is 1.10. The Hall–Kier alpha value is -4.90. The second-order valence-corrected chi connectivity index (χ2v) is 33.8. The zero-order valence-corrected chi connectivity index (χ0v) is 81.3. The molecule has 1 aliphatic carbocycles. The molecule has 0 aromatic carbocycles. The third kappa shape index (κ3) is 57.0. The number of nitrogens with one attached hydrogen (secondary N) is 3. The molecule has 0 bridgehead atoms. The van der Waals surface area contributed by atoms with Crippen LogP contribution in [0.2, 0.25) is 0 Å². The number of aliphatic hydroxyl groups is 8. The van der Waals surface area contributed by atoms with Gasteiger partial charge in [0.25, 0.3) is 5.56 Å². The Balaban J connectivity index is -0.000000438. The van der Waals surface area contributed by atoms with Crippen molar-refractivity contribution in [3.05, 3.63) is 112 Å². The maximum absolute atomic E-state index is 11.5. The van der Waals surface area contributed by atoms with Crippen LogP contribution in [0.1, 0.15) is 149 Å². The van der Waals surface area contributed by atoms with Crippen molar-refractivity contribution in [2.45, 2.75) is 220 Å². The van der Waals surface area contributed by atoms with E-state index < -0.39 is 43.1 Å². The molecule has 38 nitrogen and oxygen atoms in total. The maximum atomic E-state index is 11.5. The molecular weight excluding hydrogens is 1800 g/mol. The minimum Gasteiger partial charge on any atom is -0.512 e. The predicted molar refractivity (Wildman–Crippen MR) is 476 cm³/mol. The van der Waals surface area contributed by atoms with Crippen molar-refractivity contribution in [2.75, 3.05) is 136 Å². The first kappa shape index (κ1) is 126. The van der Waals surface area contributed by atoms with Gasteiger partial charge < -0.3 is 145 Å². The molecule has 0 unspecified atom stereocenters. The normalized spacial score (nSPS) is 14.8. The molecule has 689 valence electrons. The fraction of sp³-hybridized carbons (Fsp3) is 0.692. The molecule has 6 heterocycles. The first-order valence-electron chi connectivity index (χ1n) is 39.0. The third-order valence-electron chi connectivity index (χ3n) is 15.8. The topological polar surface area (TPSA) is 532 Å². The number of aliphatic hydroxyl groups excluding tert-OH is 8. The molecule has 44 heteroatoms. The van der Waals surface area contributed by atoms with Crippen molar-refractivity contribution in [1.29, 1.82) is 5.26 Å². The molecule has 3 radical (unpaired) electrons. The van der Waals surface area contributed by atoms with E-state index in [-0.39, 0.29) is 117 Å². The number of aryl methyl sites for hydroxylation is 2. The molecule has 1 fully saturated rings. The number of methoxy groups -OCH3 is 5. The Labute approximate surface area is 768 Å². The van der Waals surface area contributed by atoms with Gasteiger partial charge in [-0.2, -0.15) is 9.97 Å². The van der Waals surface area contributed by atoms with E-state index in [9.17, 15) is 30.0 Å². The van der Waals surface area contributed by atoms with E-state index in [1.807, 2.05) is 79.0 Å². The van der Waals surface area contributed by atoms with E-state index >= 15 is 0 Å². The summed E-state index contributed by atoms with van der Waals surface area (Å²) in [7, 11) is 7.85. The molecule has 5 aromatic rings. The van der Waals surface area contributed by atoms with Crippen molar-refractivity contribution >= 4 is 92.8 Å². The number of ether oxygens (including phenoxy) is 13. The fourth-order valence-corrected chi connectivity index (χ4v) is 9.90. The summed E-state index contributed by atoms with van der Waals surface area (Å²) in [6.07, 6.45) is 20.5. The fourth-order valence-electron chi connectivity index (χ4n) is 9.90. The number of halogens is 3. The van der Waals surface area contributed by atoms with Gasteiger partial charge in [0, 0.05) is 98.6 Å². The molecule has 13 N–H and O–H groups in total. The van der Waals surface area contributed by atoms with Crippen LogP contribution in [0.4, 0.5) is 0 Å². The number of fused-ring (bicyclic) bond motifs is 3. The standard InChI is InChI=1S/C20H34N4O4.C13H17N3O2.C12H17N3O4.C7H15N3O3.C7H17NO3.C7H14O3.C7H14O2.C4H8O2.CN.BBr3.B.Na/c1-7-16(25)15(11-27-13-26-6)21-9-14-10-24(8-2)18-17(14)22-12-23-19(18)28-20(3,4)5;1-5-16-6-9(7-17)10-11(16)12(15-8-14-10)18-13(2,3)4;16-4-9(10(18)5-17)13-3-7-1-2-8-11(7)14-6-15-12(8)19;1-3-7(11)6(9-10-8)4-13-5-12-2;1-3-7(9)6(8)4-11-5-10-2;1-3-6-7(10-6)4-9-5-8-2;1-3-4-5-6-9-7-8-2;5-3-1-2-4-6;1-2;2-1(3)4;;/h10,12,15-16,21,25H,7-9,11,13H2,1-6H3;6-8H,5H2,1-4H3;1,6,9-10,13,16-18H,2-5H2,(H,14,15,19);6-7,11H,3-5H2,1-2H3;6-7,9H,3-5,8H2,1-2H3;6-7H,3-5H2,1-2H3;4-5H,3,6-7H2,1-2H3;1-2,5-6H,3-4H2;;;;/q;;;;;;;;-1;;;+1/b;;;;;;5-4-;2-1-;;;;/t15-,16-;;9-,10-;2*6-,7-;6-,7+;;;;;;/m0.0001....../s1. The first-order chi connectivity index (χ1) is 57.3. The van der Waals surface area contributed by atoms with Crippen LogP contribution in [0.3, 0.4) is 0 Å². The van der Waals surface area contributed by atoms with Gasteiger partial charge in [-0.05, 0) is 105 Å². The zero-order valence-electron chi connectivity index (χ0n) is 74.6. The summed E-state index contributed by atoms with van der Waals surface area (Å²) in [5, 5.41) is 88.3. The number of azide groups is 1. The number of aldehydes is 1. The van der Waals surface area contributed by atoms with Gasteiger partial charge in [0.2, 0.25) is 11.8 Å². The van der Waals surface area contributed by atoms with E-state index in [1.165, 1.54) is 38.2 Å². The largest absolute Gasteiger partial charge is 1.00 e. The van der Waals surface area contributed by atoms with Crippen molar-refractivity contribution in [3.8, 4) is 11.8 Å². The Morgan fingerprint density at radius 1 is 0.672 bits per heavy atom. The summed E-state index contributed by atoms with van der Waals surface area (Å²) in [6.45, 7) is 35.8. The number of H-pyrrole nitrogens is 1. The van der Waals surface area contributed by atoms with Crippen LogP contribution in [0.25, 0.3) is 38.1 Å². The smallest absolute Gasteiger partial charge is 0.512 e. The van der Waals surface area contributed by atoms with Crippen molar-refractivity contribution in [2.24, 2.45) is 10.8 Å². The minimum atomic E-state index is -1.03. The first-order valence-corrected chi connectivity index (χ1v) is 41.7. The molecule has 122 heavy (non-hydrogen) atoms. The Morgan fingerprint density at radius 2 is 1.16 bits per heavy atom. The van der Waals surface area contributed by atoms with Gasteiger partial charge >= 0.3 is 32.7 Å². The average Bonchev–Trinajstić information content (AvgIpc) is 1.63. The summed E-state index contributed by atoms with van der Waals surface area (Å²) in [5.41, 5.74) is 19.8. The summed E-state index contributed by atoms with van der Waals surface area (Å²) >= 11 is 9.31. The Bertz CT molecular complexity index is 3620. The summed E-state index contributed by atoms with van der Waals surface area (Å²) in [6, 6.07) is -1.66. The number of aromatic nitrogens is 8. The molecule has 1 aliphatic heterocycles. The van der Waals surface area contributed by atoms with Gasteiger partial charge in [-0.1, -0.05) is 70.1 Å². The molecule has 7 rings (SSSR count). The Kier molecular flexibility index (Phi) is 80.7. The SMILES string of the molecule is BrB(Br)Br.CC/C=C\COCOC.CC[C@H](O)[C@@H](N)COCOC.CC[C@H](O)[C@H](COCOC)N=[N+]=[N-].CC[C@H](O)[C@H](COCOC)NCc1cn(CC)c2c(OC(C)(C)C)ncnc12.CC[C@H]1O[C@H]1COCOC.CCn1cc(C=O)c2ncnc(OC(C)(C)C)c21.O=c1[nH]cnc2c1CC=C2CN[C@@H](CO)[C@@H](O)CO.OC/C=C\CO.[B].[C-]#N.[Na+]. The quantitative estimate of drug-likeness (QED) is 0.00245. The molecule has 10 atom stereocenters. The average molecular weight is 1940 g/mol. The molecule has 1 saturated heterocycles. The minimum absolute atomic E-state index is 0. The number of rotatable bonds is 45. The summed E-state index contributed by atoms with van der Waals surface area (Å²) < 4.78 is 70.5. The van der Waals surface area contributed by atoms with E-state index in [1.54, 1.807) is 41.6 Å². The number of epoxide rings is 1. The van der Waals surface area contributed by atoms with Crippen molar-refractivity contribution in [1.82, 2.24) is 49.7 Å². The molecule has 2 aliphatic rings. The molecular formula is C78H136B2Br3N15NaO23. The van der Waals surface area contributed by atoms with Crippen LogP contribution in [0.5, 0.6) is 11.8 Å². The molecule has 5 aromatic heterocycles. The van der Waals surface area contributed by atoms with Crippen LogP contribution in [0.15, 0.2) is 71.7 Å². The van der Waals surface area contributed by atoms with Gasteiger partial charge in [0.15, 0.2) is 6.29 Å². The van der Waals surface area contributed by atoms with Crippen LogP contribution in [-0.4, -0.2) is 305 Å². The van der Waals surface area contributed by atoms with Crippen molar-refractivity contribution < 1.29 is 137 Å². The third-order valence-corrected chi connectivity index (χ3v) is 15.8. The van der Waals surface area contributed by atoms with Crippen LogP contribution >= 0.6 is 47.3 Å². The van der Waals surface area contributed by atoms with Gasteiger partial charge in [-0.25, -0.2) is 15.0 Å². The number of carbonyl (C=O) groups is 1. The van der Waals surface area contributed by atoms with Crippen LogP contribution < -0.4 is 61.0 Å².